The molecule has 0 amide bonds. The molecule has 0 radical (unpaired) electrons. The number of hydrogen-bond donors (Lipinski definition) is 1. The molecule has 0 spiro atoms. The van der Waals surface area contributed by atoms with Crippen LogP contribution in [0.1, 0.15) is 11.1 Å². The van der Waals surface area contributed by atoms with Gasteiger partial charge in [-0.25, -0.2) is 4.39 Å². The number of hydrogen-bond acceptors (Lipinski definition) is 2. The van der Waals surface area contributed by atoms with E-state index in [4.69, 9.17) is 4.74 Å². The Labute approximate surface area is 166 Å². The van der Waals surface area contributed by atoms with Gasteiger partial charge in [0, 0.05) is 5.56 Å². The second kappa shape index (κ2) is 8.89. The number of benzene rings is 3. The fourth-order valence-corrected chi connectivity index (χ4v) is 3.68. The van der Waals surface area contributed by atoms with Gasteiger partial charge in [0.25, 0.3) is 0 Å². The highest BCUT2D eigenvalue weighted by atomic mass is 19.1. The van der Waals surface area contributed by atoms with E-state index in [2.05, 4.69) is 29.2 Å². The highest BCUT2D eigenvalue weighted by molar-refractivity contribution is 5.47. The first-order valence-electron chi connectivity index (χ1n) is 9.87. The number of piperazine rings is 1. The number of nitrogens with zero attached hydrogens (tertiary/aromatic N) is 1. The molecule has 0 unspecified atom stereocenters. The summed E-state index contributed by atoms with van der Waals surface area (Å²) >= 11 is 0. The predicted molar refractivity (Wildman–Crippen MR) is 110 cm³/mol. The quantitative estimate of drug-likeness (QED) is 0.710. The van der Waals surface area contributed by atoms with Gasteiger partial charge in [0.1, 0.15) is 24.7 Å². The molecule has 28 heavy (non-hydrogen) atoms. The second-order valence-corrected chi connectivity index (χ2v) is 7.28. The minimum absolute atomic E-state index is 0.128. The summed E-state index contributed by atoms with van der Waals surface area (Å²) in [5, 5.41) is 0. The van der Waals surface area contributed by atoms with Crippen LogP contribution in [0.4, 0.5) is 10.1 Å². The van der Waals surface area contributed by atoms with E-state index in [0.29, 0.717) is 6.61 Å². The molecule has 3 aromatic rings. The fraction of sp³-hybridized carbons (Fsp3) is 0.250. The number of halogens is 1. The summed E-state index contributed by atoms with van der Waals surface area (Å²) in [5.41, 5.74) is 3.20. The lowest BCUT2D eigenvalue weighted by atomic mass is 10.1. The summed E-state index contributed by atoms with van der Waals surface area (Å²) in [5.74, 6) is 0.768. The average Bonchev–Trinajstić information content (AvgIpc) is 2.75. The molecular formula is C24H26FN2O+. The Morgan fingerprint density at radius 2 is 1.46 bits per heavy atom. The molecule has 3 nitrogen and oxygen atoms in total. The third kappa shape index (κ3) is 4.70. The monoisotopic (exact) mass is 377 g/mol. The van der Waals surface area contributed by atoms with Crippen LogP contribution >= 0.6 is 0 Å². The third-order valence-corrected chi connectivity index (χ3v) is 5.29. The minimum Gasteiger partial charge on any atom is -0.489 e. The zero-order valence-electron chi connectivity index (χ0n) is 16.0. The lowest BCUT2D eigenvalue weighted by Gasteiger charge is -2.33. The normalized spacial score (nSPS) is 14.8. The van der Waals surface area contributed by atoms with Crippen molar-refractivity contribution >= 4 is 5.69 Å². The van der Waals surface area contributed by atoms with Gasteiger partial charge in [0.05, 0.1) is 31.9 Å². The van der Waals surface area contributed by atoms with Crippen molar-refractivity contribution in [2.75, 3.05) is 31.1 Å². The molecule has 1 fully saturated rings. The summed E-state index contributed by atoms with van der Waals surface area (Å²) in [4.78, 5) is 3.69. The predicted octanol–water partition coefficient (Wildman–Crippen LogP) is 3.31. The van der Waals surface area contributed by atoms with E-state index in [0.717, 1.165) is 44.2 Å². The Balaban J connectivity index is 1.27. The van der Waals surface area contributed by atoms with Crippen molar-refractivity contribution in [3.8, 4) is 5.75 Å². The number of quaternary nitrogens is 1. The van der Waals surface area contributed by atoms with E-state index in [1.807, 2.05) is 42.5 Å². The summed E-state index contributed by atoms with van der Waals surface area (Å²) in [7, 11) is 0. The SMILES string of the molecule is Fc1ccccc1N1CC[NH+](Cc2ccc(OCc3ccccc3)cc2)CC1. The van der Waals surface area contributed by atoms with Gasteiger partial charge in [-0.3, -0.25) is 0 Å². The van der Waals surface area contributed by atoms with Crippen molar-refractivity contribution in [3.63, 3.8) is 0 Å². The molecule has 0 aliphatic carbocycles. The minimum atomic E-state index is -0.128. The number of rotatable bonds is 6. The molecule has 144 valence electrons. The smallest absolute Gasteiger partial charge is 0.146 e. The average molecular weight is 377 g/mol. The van der Waals surface area contributed by atoms with Gasteiger partial charge in [0.15, 0.2) is 0 Å². The summed E-state index contributed by atoms with van der Waals surface area (Å²) in [6.45, 7) is 5.37. The van der Waals surface area contributed by atoms with E-state index in [9.17, 15) is 4.39 Å². The highest BCUT2D eigenvalue weighted by Crippen LogP contribution is 2.18. The third-order valence-electron chi connectivity index (χ3n) is 5.29. The Kier molecular flexibility index (Phi) is 5.88. The molecule has 1 aliphatic heterocycles. The van der Waals surface area contributed by atoms with Gasteiger partial charge in [-0.2, -0.15) is 0 Å². The Morgan fingerprint density at radius 3 is 2.18 bits per heavy atom. The standard InChI is InChI=1S/C24H25FN2O/c25-23-8-4-5-9-24(23)27-16-14-26(15-17-27)18-20-10-12-22(13-11-20)28-19-21-6-2-1-3-7-21/h1-13H,14-19H2/p+1. The van der Waals surface area contributed by atoms with Crippen LogP contribution in [0.2, 0.25) is 0 Å². The van der Waals surface area contributed by atoms with Crippen molar-refractivity contribution in [3.05, 3.63) is 95.8 Å². The largest absolute Gasteiger partial charge is 0.489 e. The lowest BCUT2D eigenvalue weighted by Crippen LogP contribution is -3.13. The molecule has 4 heteroatoms. The van der Waals surface area contributed by atoms with Crippen molar-refractivity contribution < 1.29 is 14.0 Å². The maximum absolute atomic E-state index is 14.0. The van der Waals surface area contributed by atoms with E-state index < -0.39 is 0 Å². The van der Waals surface area contributed by atoms with Crippen LogP contribution in [0.5, 0.6) is 5.75 Å². The molecule has 3 aromatic carbocycles. The molecule has 1 aliphatic rings. The first kappa shape index (κ1) is 18.5. The Morgan fingerprint density at radius 1 is 0.786 bits per heavy atom. The molecular weight excluding hydrogens is 351 g/mol. The van der Waals surface area contributed by atoms with Gasteiger partial charge in [-0.05, 0) is 42.0 Å². The van der Waals surface area contributed by atoms with Crippen LogP contribution in [-0.4, -0.2) is 26.2 Å². The zero-order chi connectivity index (χ0) is 19.2. The second-order valence-electron chi connectivity index (χ2n) is 7.28. The van der Waals surface area contributed by atoms with Crippen molar-refractivity contribution in [1.82, 2.24) is 0 Å². The Bertz CT molecular complexity index is 875. The fourth-order valence-electron chi connectivity index (χ4n) is 3.68. The summed E-state index contributed by atoms with van der Waals surface area (Å²) in [6, 6.07) is 25.6. The molecule has 1 N–H and O–H groups in total. The number of ether oxygens (including phenoxy) is 1. The molecule has 0 atom stereocenters. The van der Waals surface area contributed by atoms with E-state index in [1.54, 1.807) is 6.07 Å². The van der Waals surface area contributed by atoms with Crippen molar-refractivity contribution in [1.29, 1.82) is 0 Å². The number of para-hydroxylation sites is 1. The zero-order valence-corrected chi connectivity index (χ0v) is 16.0. The van der Waals surface area contributed by atoms with Gasteiger partial charge in [-0.15, -0.1) is 0 Å². The van der Waals surface area contributed by atoms with Crippen molar-refractivity contribution in [2.24, 2.45) is 0 Å². The molecule has 0 bridgehead atoms. The van der Waals surface area contributed by atoms with Crippen LogP contribution in [0.25, 0.3) is 0 Å². The first-order valence-corrected chi connectivity index (χ1v) is 9.87. The molecule has 0 aromatic heterocycles. The number of anilines is 1. The van der Waals surface area contributed by atoms with Gasteiger partial charge >= 0.3 is 0 Å². The molecule has 0 saturated carbocycles. The van der Waals surface area contributed by atoms with Gasteiger partial charge < -0.3 is 14.5 Å². The maximum atomic E-state index is 14.0. The van der Waals surface area contributed by atoms with Crippen LogP contribution < -0.4 is 14.5 Å². The molecule has 1 saturated heterocycles. The van der Waals surface area contributed by atoms with E-state index in [1.165, 1.54) is 22.1 Å². The van der Waals surface area contributed by atoms with E-state index in [-0.39, 0.29) is 5.82 Å². The molecule has 1 heterocycles. The molecule has 4 rings (SSSR count). The van der Waals surface area contributed by atoms with Crippen LogP contribution in [-0.2, 0) is 13.2 Å². The Hall–Kier alpha value is -2.85. The van der Waals surface area contributed by atoms with Crippen LogP contribution in [0.3, 0.4) is 0 Å². The highest BCUT2D eigenvalue weighted by Gasteiger charge is 2.21. The maximum Gasteiger partial charge on any atom is 0.146 e. The first-order chi connectivity index (χ1) is 13.8. The van der Waals surface area contributed by atoms with Crippen LogP contribution in [0, 0.1) is 5.82 Å². The number of nitrogens with one attached hydrogen (secondary N) is 1. The van der Waals surface area contributed by atoms with Gasteiger partial charge in [0.2, 0.25) is 0 Å². The lowest BCUT2D eigenvalue weighted by molar-refractivity contribution is -0.914. The van der Waals surface area contributed by atoms with Gasteiger partial charge in [-0.1, -0.05) is 42.5 Å². The summed E-state index contributed by atoms with van der Waals surface area (Å²) < 4.78 is 19.8. The topological polar surface area (TPSA) is 16.9 Å². The van der Waals surface area contributed by atoms with E-state index >= 15 is 0 Å². The summed E-state index contributed by atoms with van der Waals surface area (Å²) in [6.07, 6.45) is 0. The van der Waals surface area contributed by atoms with Crippen LogP contribution in [0.15, 0.2) is 78.9 Å². The van der Waals surface area contributed by atoms with Crippen molar-refractivity contribution in [2.45, 2.75) is 13.2 Å².